The zero-order valence-corrected chi connectivity index (χ0v) is 13.4. The van der Waals surface area contributed by atoms with Crippen LogP contribution < -0.4 is 0 Å². The van der Waals surface area contributed by atoms with E-state index in [9.17, 15) is 14.7 Å². The molecule has 0 bridgehead atoms. The van der Waals surface area contributed by atoms with E-state index in [4.69, 9.17) is 10.00 Å². The van der Waals surface area contributed by atoms with Gasteiger partial charge >= 0.3 is 12.1 Å². The lowest BCUT2D eigenvalue weighted by Gasteiger charge is -2.24. The Hall–Kier alpha value is -2.55. The first kappa shape index (κ1) is 16.8. The number of carbonyl (C=O) groups excluding carboxylic acids is 1. The minimum atomic E-state index is -0.955. The number of nitrogens with zero attached hydrogens (tertiary/aromatic N) is 2. The van der Waals surface area contributed by atoms with Crippen molar-refractivity contribution >= 4 is 12.1 Å². The van der Waals surface area contributed by atoms with Crippen molar-refractivity contribution in [3.8, 4) is 6.07 Å². The van der Waals surface area contributed by atoms with Crippen molar-refractivity contribution in [2.45, 2.75) is 32.3 Å². The van der Waals surface area contributed by atoms with Crippen LogP contribution in [0.2, 0.25) is 0 Å². The van der Waals surface area contributed by atoms with Gasteiger partial charge in [0.05, 0.1) is 17.6 Å². The van der Waals surface area contributed by atoms with Crippen LogP contribution >= 0.6 is 0 Å². The van der Waals surface area contributed by atoms with Crippen molar-refractivity contribution in [2.24, 2.45) is 5.92 Å². The summed E-state index contributed by atoms with van der Waals surface area (Å²) in [6.45, 7) is 5.67. The Morgan fingerprint density at radius 1 is 1.35 bits per heavy atom. The summed E-state index contributed by atoms with van der Waals surface area (Å²) < 4.78 is 5.32. The van der Waals surface area contributed by atoms with Gasteiger partial charge in [0.25, 0.3) is 0 Å². The lowest BCUT2D eigenvalue weighted by Crippen LogP contribution is -2.35. The molecule has 1 fully saturated rings. The van der Waals surface area contributed by atoms with E-state index in [-0.39, 0.29) is 19.0 Å². The number of aliphatic carboxylic acids is 1. The lowest BCUT2D eigenvalue weighted by atomic mass is 9.88. The van der Waals surface area contributed by atoms with E-state index >= 15 is 0 Å². The zero-order chi connectivity index (χ0) is 17.2. The molecule has 0 aliphatic carbocycles. The number of benzene rings is 1. The van der Waals surface area contributed by atoms with Gasteiger partial charge in [-0.05, 0) is 38.5 Å². The van der Waals surface area contributed by atoms with Crippen LogP contribution in [0, 0.1) is 17.2 Å². The van der Waals surface area contributed by atoms with Crippen molar-refractivity contribution in [3.63, 3.8) is 0 Å². The summed E-state index contributed by atoms with van der Waals surface area (Å²) in [7, 11) is 0. The molecule has 1 aliphatic heterocycles. The zero-order valence-electron chi connectivity index (χ0n) is 13.4. The maximum absolute atomic E-state index is 12.2. The maximum Gasteiger partial charge on any atom is 0.410 e. The largest absolute Gasteiger partial charge is 0.481 e. The fraction of sp³-hybridized carbons (Fsp3) is 0.471. The van der Waals surface area contributed by atoms with Crippen molar-refractivity contribution < 1.29 is 19.4 Å². The minimum absolute atomic E-state index is 0.103. The summed E-state index contributed by atoms with van der Waals surface area (Å²) in [5.74, 6) is -2.02. The van der Waals surface area contributed by atoms with Crippen LogP contribution in [0.25, 0.3) is 0 Å². The molecule has 1 aromatic carbocycles. The van der Waals surface area contributed by atoms with Gasteiger partial charge in [-0.1, -0.05) is 12.1 Å². The summed E-state index contributed by atoms with van der Waals surface area (Å²) in [5, 5.41) is 18.5. The Bertz CT molecular complexity index is 657. The number of likely N-dealkylation sites (tertiary alicyclic amines) is 1. The Kier molecular flexibility index (Phi) is 4.60. The molecule has 23 heavy (non-hydrogen) atoms. The number of rotatable bonds is 2. The molecule has 2 rings (SSSR count). The van der Waals surface area contributed by atoms with E-state index < -0.39 is 23.6 Å². The fourth-order valence-electron chi connectivity index (χ4n) is 2.71. The van der Waals surface area contributed by atoms with Crippen molar-refractivity contribution in [3.05, 3.63) is 35.4 Å². The van der Waals surface area contributed by atoms with E-state index in [0.29, 0.717) is 5.56 Å². The highest BCUT2D eigenvalue weighted by atomic mass is 16.6. The third kappa shape index (κ3) is 4.01. The van der Waals surface area contributed by atoms with Gasteiger partial charge in [-0.15, -0.1) is 0 Å². The molecule has 0 radical (unpaired) electrons. The molecule has 6 nitrogen and oxygen atoms in total. The summed E-state index contributed by atoms with van der Waals surface area (Å²) in [6, 6.07) is 8.91. The number of carboxylic acids is 1. The summed E-state index contributed by atoms with van der Waals surface area (Å²) in [6.07, 6.45) is -0.511. The molecule has 1 amide bonds. The highest BCUT2D eigenvalue weighted by Crippen LogP contribution is 2.34. The fourth-order valence-corrected chi connectivity index (χ4v) is 2.71. The SMILES string of the molecule is CC(C)(C)OC(=O)N1C[C@@H](C(=O)O)[C@H](c2cccc(C#N)c2)C1. The average Bonchev–Trinajstić information content (AvgIpc) is 2.91. The number of amides is 1. The molecule has 1 aromatic rings. The maximum atomic E-state index is 12.2. The second kappa shape index (κ2) is 6.29. The van der Waals surface area contributed by atoms with Crippen LogP contribution in [0.3, 0.4) is 0 Å². The van der Waals surface area contributed by atoms with E-state index in [2.05, 4.69) is 0 Å². The first-order chi connectivity index (χ1) is 10.7. The van der Waals surface area contributed by atoms with Crippen molar-refractivity contribution in [1.29, 1.82) is 5.26 Å². The topological polar surface area (TPSA) is 90.6 Å². The molecule has 1 N–H and O–H groups in total. The molecule has 0 aromatic heterocycles. The predicted octanol–water partition coefficient (Wildman–Crippen LogP) is 2.59. The molecule has 122 valence electrons. The Morgan fingerprint density at radius 3 is 2.61 bits per heavy atom. The van der Waals surface area contributed by atoms with E-state index in [1.54, 1.807) is 45.0 Å². The molecule has 1 heterocycles. The van der Waals surface area contributed by atoms with Crippen LogP contribution in [0.4, 0.5) is 4.79 Å². The molecule has 1 aliphatic rings. The Labute approximate surface area is 135 Å². The molecular weight excluding hydrogens is 296 g/mol. The quantitative estimate of drug-likeness (QED) is 0.905. The molecule has 1 saturated heterocycles. The van der Waals surface area contributed by atoms with Crippen LogP contribution in [0.5, 0.6) is 0 Å². The Morgan fingerprint density at radius 2 is 2.04 bits per heavy atom. The molecule has 0 saturated carbocycles. The molecule has 0 unspecified atom stereocenters. The van der Waals surface area contributed by atoms with Crippen LogP contribution in [-0.4, -0.2) is 40.8 Å². The minimum Gasteiger partial charge on any atom is -0.481 e. The van der Waals surface area contributed by atoms with Crippen LogP contribution in [0.15, 0.2) is 24.3 Å². The predicted molar refractivity (Wildman–Crippen MR) is 82.8 cm³/mol. The van der Waals surface area contributed by atoms with Crippen molar-refractivity contribution in [1.82, 2.24) is 4.90 Å². The summed E-state index contributed by atoms with van der Waals surface area (Å²) in [5.41, 5.74) is 0.596. The third-order valence-corrected chi connectivity index (χ3v) is 3.73. The standard InChI is InChI=1S/C17H20N2O4/c1-17(2,3)23-16(22)19-9-13(14(10-19)15(20)21)12-6-4-5-11(7-12)8-18/h4-7,13-14H,9-10H2,1-3H3,(H,20,21)/t13-,14+/m0/s1. The number of carboxylic acid groups (broad SMARTS) is 1. The van der Waals surface area contributed by atoms with Gasteiger partial charge in [0.1, 0.15) is 5.60 Å². The van der Waals surface area contributed by atoms with Gasteiger partial charge in [0.15, 0.2) is 0 Å². The second-order valence-corrected chi connectivity index (χ2v) is 6.67. The number of nitriles is 1. The first-order valence-corrected chi connectivity index (χ1v) is 7.42. The van der Waals surface area contributed by atoms with Gasteiger partial charge in [-0.2, -0.15) is 5.26 Å². The van der Waals surface area contributed by atoms with E-state index in [1.165, 1.54) is 4.90 Å². The normalized spacial score (nSPS) is 20.9. The molecule has 2 atom stereocenters. The number of ether oxygens (including phenoxy) is 1. The van der Waals surface area contributed by atoms with Gasteiger partial charge in [-0.25, -0.2) is 4.79 Å². The second-order valence-electron chi connectivity index (χ2n) is 6.67. The highest BCUT2D eigenvalue weighted by molar-refractivity contribution is 5.76. The van der Waals surface area contributed by atoms with Gasteiger partial charge in [0.2, 0.25) is 0 Å². The van der Waals surface area contributed by atoms with E-state index in [0.717, 1.165) is 5.56 Å². The van der Waals surface area contributed by atoms with Crippen LogP contribution in [-0.2, 0) is 9.53 Å². The summed E-state index contributed by atoms with van der Waals surface area (Å²) >= 11 is 0. The van der Waals surface area contributed by atoms with Crippen molar-refractivity contribution in [2.75, 3.05) is 13.1 Å². The Balaban J connectivity index is 2.23. The lowest BCUT2D eigenvalue weighted by molar-refractivity contribution is -0.141. The number of carbonyl (C=O) groups is 2. The van der Waals surface area contributed by atoms with Crippen LogP contribution in [0.1, 0.15) is 37.8 Å². The van der Waals surface area contributed by atoms with Gasteiger partial charge in [-0.3, -0.25) is 4.79 Å². The number of hydrogen-bond acceptors (Lipinski definition) is 4. The molecule has 6 heteroatoms. The summed E-state index contributed by atoms with van der Waals surface area (Å²) in [4.78, 5) is 25.2. The average molecular weight is 316 g/mol. The first-order valence-electron chi connectivity index (χ1n) is 7.42. The smallest absolute Gasteiger partial charge is 0.410 e. The highest BCUT2D eigenvalue weighted by Gasteiger charge is 2.41. The van der Waals surface area contributed by atoms with E-state index in [1.807, 2.05) is 6.07 Å². The molecule has 0 spiro atoms. The van der Waals surface area contributed by atoms with Gasteiger partial charge < -0.3 is 14.7 Å². The number of hydrogen-bond donors (Lipinski definition) is 1. The van der Waals surface area contributed by atoms with Gasteiger partial charge in [0, 0.05) is 19.0 Å². The monoisotopic (exact) mass is 316 g/mol. The molecular formula is C17H20N2O4. The third-order valence-electron chi connectivity index (χ3n) is 3.73.